The van der Waals surface area contributed by atoms with E-state index in [1.807, 2.05) is 0 Å². The SMILES string of the molecule is Cc1c(F)c(C)c(COC(=O)C2C(/C=C(\Cl)C(F)(F)F)C2(C)C)c(F)c1F. The molecule has 0 saturated heterocycles. The maximum absolute atomic E-state index is 14.0. The topological polar surface area (TPSA) is 26.3 Å². The highest BCUT2D eigenvalue weighted by atomic mass is 35.5. The van der Waals surface area contributed by atoms with Crippen LogP contribution in [-0.4, -0.2) is 12.1 Å². The number of hydrogen-bond acceptors (Lipinski definition) is 2. The smallest absolute Gasteiger partial charge is 0.426 e. The van der Waals surface area contributed by atoms with Crippen molar-refractivity contribution in [3.05, 3.63) is 45.3 Å². The van der Waals surface area contributed by atoms with Gasteiger partial charge in [-0.05, 0) is 30.7 Å². The van der Waals surface area contributed by atoms with Crippen molar-refractivity contribution < 1.29 is 35.9 Å². The Labute approximate surface area is 157 Å². The van der Waals surface area contributed by atoms with Gasteiger partial charge < -0.3 is 4.74 Å². The van der Waals surface area contributed by atoms with Gasteiger partial charge >= 0.3 is 12.1 Å². The Morgan fingerprint density at radius 1 is 1.11 bits per heavy atom. The molecule has 0 bridgehead atoms. The standard InChI is InChI=1S/C18H17ClF6O2/c1-7-9(15(22)14(21)8(2)13(7)20)6-27-16(26)12-10(17(12,3)4)5-11(19)18(23,24)25/h5,10,12H,6H2,1-4H3/b11-5-. The monoisotopic (exact) mass is 414 g/mol. The molecule has 0 aliphatic heterocycles. The van der Waals surface area contributed by atoms with Gasteiger partial charge in [-0.1, -0.05) is 31.5 Å². The van der Waals surface area contributed by atoms with Gasteiger partial charge in [-0.2, -0.15) is 13.2 Å². The van der Waals surface area contributed by atoms with Crippen molar-refractivity contribution in [1.29, 1.82) is 0 Å². The molecule has 1 aromatic carbocycles. The molecule has 2 nitrogen and oxygen atoms in total. The van der Waals surface area contributed by atoms with E-state index in [9.17, 15) is 31.1 Å². The Kier molecular flexibility index (Phi) is 5.63. The molecule has 0 radical (unpaired) electrons. The van der Waals surface area contributed by atoms with Crippen molar-refractivity contribution in [1.82, 2.24) is 0 Å². The first-order valence-electron chi connectivity index (χ1n) is 7.94. The van der Waals surface area contributed by atoms with Gasteiger partial charge in [-0.3, -0.25) is 4.79 Å². The second-order valence-corrected chi connectivity index (χ2v) is 7.52. The molecule has 9 heteroatoms. The Balaban J connectivity index is 2.16. The normalized spacial score (nSPS) is 22.0. The van der Waals surface area contributed by atoms with Crippen LogP contribution in [0, 0.1) is 48.5 Å². The second-order valence-electron chi connectivity index (χ2n) is 7.12. The third-order valence-corrected chi connectivity index (χ3v) is 5.36. The number of ether oxygens (including phenoxy) is 1. The fraction of sp³-hybridized carbons (Fsp3) is 0.500. The number of benzene rings is 1. The summed E-state index contributed by atoms with van der Waals surface area (Å²) in [7, 11) is 0. The average Bonchev–Trinajstić information content (AvgIpc) is 3.10. The third-order valence-electron chi connectivity index (χ3n) is 5.02. The summed E-state index contributed by atoms with van der Waals surface area (Å²) in [6, 6.07) is 0. The van der Waals surface area contributed by atoms with E-state index in [2.05, 4.69) is 0 Å². The minimum absolute atomic E-state index is 0.203. The maximum atomic E-state index is 14.0. The number of hydrogen-bond donors (Lipinski definition) is 0. The molecular formula is C18H17ClF6O2. The number of carbonyl (C=O) groups is 1. The van der Waals surface area contributed by atoms with Gasteiger partial charge in [0.2, 0.25) is 0 Å². The number of carbonyl (C=O) groups excluding carboxylic acids is 1. The van der Waals surface area contributed by atoms with Crippen molar-refractivity contribution in [2.45, 2.75) is 40.5 Å². The highest BCUT2D eigenvalue weighted by molar-refractivity contribution is 6.30. The quantitative estimate of drug-likeness (QED) is 0.358. The Hall–Kier alpha value is -1.70. The molecule has 150 valence electrons. The molecule has 0 amide bonds. The highest BCUT2D eigenvalue weighted by Gasteiger charge is 2.62. The lowest BCUT2D eigenvalue weighted by Gasteiger charge is -2.13. The van der Waals surface area contributed by atoms with Crippen LogP contribution in [-0.2, 0) is 16.1 Å². The predicted molar refractivity (Wildman–Crippen MR) is 86.3 cm³/mol. The Bertz CT molecular complexity index is 784. The summed E-state index contributed by atoms with van der Waals surface area (Å²) in [4.78, 5) is 12.2. The van der Waals surface area contributed by atoms with E-state index in [1.54, 1.807) is 13.8 Å². The third kappa shape index (κ3) is 3.95. The summed E-state index contributed by atoms with van der Waals surface area (Å²) < 4.78 is 84.2. The largest absolute Gasteiger partial charge is 0.460 e. The molecule has 2 unspecified atom stereocenters. The van der Waals surface area contributed by atoms with E-state index in [-0.39, 0.29) is 5.56 Å². The first kappa shape index (κ1) is 21.6. The van der Waals surface area contributed by atoms with Gasteiger partial charge in [0.25, 0.3) is 0 Å². The van der Waals surface area contributed by atoms with Crippen LogP contribution < -0.4 is 0 Å². The summed E-state index contributed by atoms with van der Waals surface area (Å²) in [5.41, 5.74) is -2.00. The van der Waals surface area contributed by atoms with E-state index in [0.717, 1.165) is 13.0 Å². The van der Waals surface area contributed by atoms with Crippen molar-refractivity contribution in [2.24, 2.45) is 17.3 Å². The fourth-order valence-electron chi connectivity index (χ4n) is 3.07. The first-order chi connectivity index (χ1) is 12.2. The molecule has 1 aliphatic rings. The van der Waals surface area contributed by atoms with Crippen LogP contribution in [0.5, 0.6) is 0 Å². The van der Waals surface area contributed by atoms with E-state index < -0.39 is 69.6 Å². The van der Waals surface area contributed by atoms with Gasteiger partial charge in [0.1, 0.15) is 17.5 Å². The zero-order chi connectivity index (χ0) is 20.9. The van der Waals surface area contributed by atoms with Crippen molar-refractivity contribution in [3.8, 4) is 0 Å². The van der Waals surface area contributed by atoms with Gasteiger partial charge in [-0.25, -0.2) is 13.2 Å². The molecule has 1 saturated carbocycles. The lowest BCUT2D eigenvalue weighted by molar-refractivity contribution is -0.147. The van der Waals surface area contributed by atoms with Crippen molar-refractivity contribution in [2.75, 3.05) is 0 Å². The van der Waals surface area contributed by atoms with E-state index in [4.69, 9.17) is 16.3 Å². The number of halogens is 7. The van der Waals surface area contributed by atoms with Crippen LogP contribution in [0.4, 0.5) is 26.3 Å². The molecular weight excluding hydrogens is 398 g/mol. The Morgan fingerprint density at radius 3 is 2.19 bits per heavy atom. The van der Waals surface area contributed by atoms with Gasteiger partial charge in [0.05, 0.1) is 5.92 Å². The molecule has 2 rings (SSSR count). The maximum Gasteiger partial charge on any atom is 0.426 e. The molecule has 1 aliphatic carbocycles. The summed E-state index contributed by atoms with van der Waals surface area (Å²) in [5.74, 6) is -6.31. The van der Waals surface area contributed by atoms with Crippen LogP contribution in [0.15, 0.2) is 11.1 Å². The van der Waals surface area contributed by atoms with Crippen molar-refractivity contribution in [3.63, 3.8) is 0 Å². The Morgan fingerprint density at radius 2 is 1.67 bits per heavy atom. The van der Waals surface area contributed by atoms with Crippen LogP contribution in [0.2, 0.25) is 0 Å². The summed E-state index contributed by atoms with van der Waals surface area (Å²) >= 11 is 5.20. The van der Waals surface area contributed by atoms with Crippen LogP contribution in [0.25, 0.3) is 0 Å². The lowest BCUT2D eigenvalue weighted by atomic mass is 10.0. The molecule has 1 aromatic rings. The van der Waals surface area contributed by atoms with E-state index in [1.165, 1.54) is 6.92 Å². The van der Waals surface area contributed by atoms with Gasteiger partial charge in [0, 0.05) is 11.1 Å². The minimum Gasteiger partial charge on any atom is -0.460 e. The van der Waals surface area contributed by atoms with Crippen LogP contribution in [0.3, 0.4) is 0 Å². The predicted octanol–water partition coefficient (Wildman–Crippen LogP) is 5.72. The average molecular weight is 415 g/mol. The summed E-state index contributed by atoms with van der Waals surface area (Å²) in [6.07, 6.45) is -3.99. The zero-order valence-electron chi connectivity index (χ0n) is 14.9. The fourth-order valence-corrected chi connectivity index (χ4v) is 3.20. The van der Waals surface area contributed by atoms with Crippen molar-refractivity contribution >= 4 is 17.6 Å². The zero-order valence-corrected chi connectivity index (χ0v) is 15.7. The summed E-state index contributed by atoms with van der Waals surface area (Å²) in [6.45, 7) is 4.66. The number of alkyl halides is 3. The van der Waals surface area contributed by atoms with Crippen LogP contribution in [0.1, 0.15) is 30.5 Å². The number of allylic oxidation sites excluding steroid dienone is 2. The lowest BCUT2D eigenvalue weighted by Crippen LogP contribution is -2.14. The van der Waals surface area contributed by atoms with E-state index in [0.29, 0.717) is 0 Å². The molecule has 27 heavy (non-hydrogen) atoms. The molecule has 0 spiro atoms. The minimum atomic E-state index is -4.73. The number of esters is 1. The molecule has 2 atom stereocenters. The molecule has 0 heterocycles. The first-order valence-corrected chi connectivity index (χ1v) is 8.32. The molecule has 1 fully saturated rings. The molecule has 0 N–H and O–H groups in total. The van der Waals surface area contributed by atoms with Gasteiger partial charge in [0.15, 0.2) is 11.6 Å². The van der Waals surface area contributed by atoms with Crippen LogP contribution >= 0.6 is 11.6 Å². The summed E-state index contributed by atoms with van der Waals surface area (Å²) in [5, 5.41) is -1.35. The van der Waals surface area contributed by atoms with Gasteiger partial charge in [-0.15, -0.1) is 0 Å². The number of rotatable bonds is 4. The highest BCUT2D eigenvalue weighted by Crippen LogP contribution is 2.60. The van der Waals surface area contributed by atoms with E-state index >= 15 is 0 Å². The second kappa shape index (κ2) is 7.04. The molecule has 0 aromatic heterocycles.